The number of carbonyl (C=O) groups excluding carboxylic acids is 1. The second kappa shape index (κ2) is 3.68. The summed E-state index contributed by atoms with van der Waals surface area (Å²) in [6.45, 7) is 6.19. The van der Waals surface area contributed by atoms with Gasteiger partial charge in [-0.05, 0) is 6.54 Å². The number of likely N-dealkylation sites (N-methyl/N-ethyl adjacent to an activating group) is 1. The van der Waals surface area contributed by atoms with E-state index in [1.165, 1.54) is 0 Å². The Balaban J connectivity index is 2.38. The van der Waals surface area contributed by atoms with Gasteiger partial charge >= 0.3 is 0 Å². The maximum Gasteiger partial charge on any atom is 0.160 e. The van der Waals surface area contributed by atoms with Crippen LogP contribution in [0.1, 0.15) is 6.92 Å². The van der Waals surface area contributed by atoms with Crippen LogP contribution in [0.4, 0.5) is 0 Å². The first-order chi connectivity index (χ1) is 4.83. The summed E-state index contributed by atoms with van der Waals surface area (Å²) in [5.41, 5.74) is 0. The van der Waals surface area contributed by atoms with Crippen molar-refractivity contribution >= 4 is 5.78 Å². The van der Waals surface area contributed by atoms with Gasteiger partial charge in [-0.15, -0.1) is 0 Å². The van der Waals surface area contributed by atoms with E-state index in [0.717, 1.165) is 19.6 Å². The molecule has 0 saturated carbocycles. The smallest absolute Gasteiger partial charge is 0.160 e. The standard InChI is InChI=1S/C7H14N2O/c1-2-9-4-3-8-5-7(10)6-9/h8H,2-6H2,1H3. The third-order valence-electron chi connectivity index (χ3n) is 1.77. The zero-order valence-corrected chi connectivity index (χ0v) is 6.39. The third-order valence-corrected chi connectivity index (χ3v) is 1.77. The number of ketones is 1. The topological polar surface area (TPSA) is 32.3 Å². The van der Waals surface area contributed by atoms with E-state index >= 15 is 0 Å². The molecule has 1 N–H and O–H groups in total. The maximum absolute atomic E-state index is 10.9. The molecule has 3 nitrogen and oxygen atoms in total. The van der Waals surface area contributed by atoms with Gasteiger partial charge in [0.1, 0.15) is 0 Å². The van der Waals surface area contributed by atoms with Crippen molar-refractivity contribution in [3.8, 4) is 0 Å². The van der Waals surface area contributed by atoms with Crippen LogP contribution in [-0.4, -0.2) is 43.4 Å². The number of hydrogen-bond donors (Lipinski definition) is 1. The lowest BCUT2D eigenvalue weighted by molar-refractivity contribution is -0.118. The number of carbonyl (C=O) groups is 1. The molecule has 0 amide bonds. The van der Waals surface area contributed by atoms with Crippen LogP contribution in [0.2, 0.25) is 0 Å². The molecule has 0 aromatic rings. The quantitative estimate of drug-likeness (QED) is 0.534. The minimum atomic E-state index is 0.305. The molecular weight excluding hydrogens is 128 g/mol. The van der Waals surface area contributed by atoms with Gasteiger partial charge in [-0.1, -0.05) is 6.92 Å². The summed E-state index contributed by atoms with van der Waals surface area (Å²) >= 11 is 0. The molecule has 1 fully saturated rings. The highest BCUT2D eigenvalue weighted by Gasteiger charge is 2.11. The monoisotopic (exact) mass is 142 g/mol. The molecule has 0 bridgehead atoms. The van der Waals surface area contributed by atoms with E-state index in [4.69, 9.17) is 0 Å². The second-order valence-corrected chi connectivity index (χ2v) is 2.58. The van der Waals surface area contributed by atoms with Crippen LogP contribution in [0.5, 0.6) is 0 Å². The molecule has 0 aromatic heterocycles. The predicted molar refractivity (Wildman–Crippen MR) is 40.0 cm³/mol. The summed E-state index contributed by atoms with van der Waals surface area (Å²) in [5.74, 6) is 0.305. The maximum atomic E-state index is 10.9. The Hall–Kier alpha value is -0.410. The molecular formula is C7H14N2O. The Bertz CT molecular complexity index is 125. The molecule has 0 aromatic carbocycles. The Morgan fingerprint density at radius 3 is 3.20 bits per heavy atom. The van der Waals surface area contributed by atoms with E-state index < -0.39 is 0 Å². The highest BCUT2D eigenvalue weighted by molar-refractivity contribution is 5.82. The molecule has 3 heteroatoms. The average Bonchev–Trinajstić information content (AvgIpc) is 2.13. The average molecular weight is 142 g/mol. The SMILES string of the molecule is CCN1CCNCC(=O)C1. The van der Waals surface area contributed by atoms with E-state index in [1.54, 1.807) is 0 Å². The van der Waals surface area contributed by atoms with Crippen molar-refractivity contribution in [2.24, 2.45) is 0 Å². The summed E-state index contributed by atoms with van der Waals surface area (Å²) in [4.78, 5) is 13.1. The molecule has 58 valence electrons. The van der Waals surface area contributed by atoms with E-state index in [1.807, 2.05) is 0 Å². The minimum absolute atomic E-state index is 0.305. The zero-order chi connectivity index (χ0) is 7.40. The Labute approximate surface area is 61.4 Å². The van der Waals surface area contributed by atoms with Crippen LogP contribution < -0.4 is 5.32 Å². The molecule has 0 radical (unpaired) electrons. The summed E-state index contributed by atoms with van der Waals surface area (Å²) in [6, 6.07) is 0. The van der Waals surface area contributed by atoms with Crippen molar-refractivity contribution < 1.29 is 4.79 Å². The lowest BCUT2D eigenvalue weighted by Gasteiger charge is -2.14. The predicted octanol–water partition coefficient (Wildman–Crippen LogP) is -0.519. The Kier molecular flexibility index (Phi) is 2.83. The summed E-state index contributed by atoms with van der Waals surface area (Å²) < 4.78 is 0. The second-order valence-electron chi connectivity index (χ2n) is 2.58. The molecule has 1 aliphatic heterocycles. The normalized spacial score (nSPS) is 22.7. The first-order valence-electron chi connectivity index (χ1n) is 3.77. The fraction of sp³-hybridized carbons (Fsp3) is 0.857. The molecule has 0 atom stereocenters. The number of hydrogen-bond acceptors (Lipinski definition) is 3. The van der Waals surface area contributed by atoms with E-state index in [-0.39, 0.29) is 0 Å². The molecule has 0 spiro atoms. The van der Waals surface area contributed by atoms with Gasteiger partial charge in [0.2, 0.25) is 0 Å². The number of rotatable bonds is 1. The molecule has 0 unspecified atom stereocenters. The molecule has 1 heterocycles. The highest BCUT2D eigenvalue weighted by atomic mass is 16.1. The molecule has 1 rings (SSSR count). The van der Waals surface area contributed by atoms with Gasteiger partial charge < -0.3 is 5.32 Å². The van der Waals surface area contributed by atoms with Gasteiger partial charge in [0.05, 0.1) is 13.1 Å². The van der Waals surface area contributed by atoms with Crippen LogP contribution >= 0.6 is 0 Å². The first kappa shape index (κ1) is 7.69. The van der Waals surface area contributed by atoms with Crippen LogP contribution in [0.3, 0.4) is 0 Å². The number of nitrogens with one attached hydrogen (secondary N) is 1. The van der Waals surface area contributed by atoms with Crippen molar-refractivity contribution in [1.29, 1.82) is 0 Å². The Morgan fingerprint density at radius 2 is 2.50 bits per heavy atom. The Morgan fingerprint density at radius 1 is 1.70 bits per heavy atom. The molecule has 10 heavy (non-hydrogen) atoms. The number of nitrogens with zero attached hydrogens (tertiary/aromatic N) is 1. The van der Waals surface area contributed by atoms with Gasteiger partial charge in [0, 0.05) is 13.1 Å². The third kappa shape index (κ3) is 2.08. The van der Waals surface area contributed by atoms with Gasteiger partial charge in [-0.2, -0.15) is 0 Å². The van der Waals surface area contributed by atoms with Crippen LogP contribution in [0, 0.1) is 0 Å². The van der Waals surface area contributed by atoms with Gasteiger partial charge in [0.15, 0.2) is 5.78 Å². The molecule has 1 saturated heterocycles. The van der Waals surface area contributed by atoms with Gasteiger partial charge in [-0.25, -0.2) is 0 Å². The van der Waals surface area contributed by atoms with Crippen LogP contribution in [0.15, 0.2) is 0 Å². The van der Waals surface area contributed by atoms with E-state index in [2.05, 4.69) is 17.1 Å². The van der Waals surface area contributed by atoms with E-state index in [0.29, 0.717) is 18.9 Å². The summed E-state index contributed by atoms with van der Waals surface area (Å²) in [6.07, 6.45) is 0. The van der Waals surface area contributed by atoms with Crippen LogP contribution in [0.25, 0.3) is 0 Å². The van der Waals surface area contributed by atoms with Gasteiger partial charge in [0.25, 0.3) is 0 Å². The summed E-state index contributed by atoms with van der Waals surface area (Å²) in [5, 5.41) is 3.07. The van der Waals surface area contributed by atoms with Crippen molar-refractivity contribution in [2.75, 3.05) is 32.7 Å². The van der Waals surface area contributed by atoms with E-state index in [9.17, 15) is 4.79 Å². The largest absolute Gasteiger partial charge is 0.309 e. The molecule has 0 aliphatic carbocycles. The van der Waals surface area contributed by atoms with Crippen molar-refractivity contribution in [2.45, 2.75) is 6.92 Å². The molecule has 1 aliphatic rings. The van der Waals surface area contributed by atoms with Crippen molar-refractivity contribution in [3.05, 3.63) is 0 Å². The zero-order valence-electron chi connectivity index (χ0n) is 6.39. The lowest BCUT2D eigenvalue weighted by Crippen LogP contribution is -2.29. The summed E-state index contributed by atoms with van der Waals surface area (Å²) in [7, 11) is 0. The van der Waals surface area contributed by atoms with Crippen molar-refractivity contribution in [3.63, 3.8) is 0 Å². The fourth-order valence-corrected chi connectivity index (χ4v) is 1.12. The lowest BCUT2D eigenvalue weighted by atomic mass is 10.4. The van der Waals surface area contributed by atoms with Gasteiger partial charge in [-0.3, -0.25) is 9.69 Å². The van der Waals surface area contributed by atoms with Crippen molar-refractivity contribution in [1.82, 2.24) is 10.2 Å². The first-order valence-corrected chi connectivity index (χ1v) is 3.77. The number of Topliss-reactive ketones (excluding diaryl/α,β-unsaturated/α-hetero) is 1. The highest BCUT2D eigenvalue weighted by Crippen LogP contribution is 1.90. The fourth-order valence-electron chi connectivity index (χ4n) is 1.12. The van der Waals surface area contributed by atoms with Crippen LogP contribution in [-0.2, 0) is 4.79 Å². The minimum Gasteiger partial charge on any atom is -0.309 e.